The lowest BCUT2D eigenvalue weighted by Crippen LogP contribution is -2.38. The highest BCUT2D eigenvalue weighted by Gasteiger charge is 2.33. The van der Waals surface area contributed by atoms with Crippen molar-refractivity contribution in [2.75, 3.05) is 45.8 Å². The minimum Gasteiger partial charge on any atom is -0.492 e. The summed E-state index contributed by atoms with van der Waals surface area (Å²) in [4.78, 5) is 31.2. The average molecular weight is 540 g/mol. The predicted molar refractivity (Wildman–Crippen MR) is 141 cm³/mol. The van der Waals surface area contributed by atoms with E-state index in [0.717, 1.165) is 5.56 Å². The minimum atomic E-state index is -0.946. The first-order valence-corrected chi connectivity index (χ1v) is 12.5. The van der Waals surface area contributed by atoms with Crippen molar-refractivity contribution < 1.29 is 33.6 Å². The molecule has 1 aliphatic heterocycles. The van der Waals surface area contributed by atoms with Gasteiger partial charge >= 0.3 is 0 Å². The zero-order valence-corrected chi connectivity index (χ0v) is 22.1. The summed E-state index contributed by atoms with van der Waals surface area (Å²) >= 11 is 0. The van der Waals surface area contributed by atoms with Gasteiger partial charge in [-0.15, -0.1) is 0 Å². The van der Waals surface area contributed by atoms with Crippen LogP contribution < -0.4 is 19.5 Å². The number of likely N-dealkylation sites (N-methyl/N-ethyl adjacent to an activating group) is 1. The number of pyridine rings is 1. The van der Waals surface area contributed by atoms with Gasteiger partial charge in [0.2, 0.25) is 11.8 Å². The molecule has 12 nitrogen and oxygen atoms in total. The summed E-state index contributed by atoms with van der Waals surface area (Å²) in [6.07, 6.45) is 3.83. The number of methoxy groups -OCH3 is 1. The number of nitrogens with zero attached hydrogens (tertiary/aromatic N) is 4. The van der Waals surface area contributed by atoms with E-state index in [1.54, 1.807) is 25.4 Å². The van der Waals surface area contributed by atoms with Gasteiger partial charge in [-0.3, -0.25) is 14.3 Å². The molecule has 0 spiro atoms. The van der Waals surface area contributed by atoms with E-state index in [4.69, 9.17) is 18.9 Å². The van der Waals surface area contributed by atoms with E-state index in [1.165, 1.54) is 29.1 Å². The maximum absolute atomic E-state index is 12.9. The molecule has 0 aliphatic carbocycles. The third kappa shape index (κ3) is 7.45. The van der Waals surface area contributed by atoms with E-state index in [2.05, 4.69) is 15.4 Å². The smallest absolute Gasteiger partial charge is 0.253 e. The Hall–Kier alpha value is -4.16. The largest absolute Gasteiger partial charge is 0.492 e. The van der Waals surface area contributed by atoms with Crippen LogP contribution in [-0.4, -0.2) is 89.3 Å². The maximum atomic E-state index is 12.9. The van der Waals surface area contributed by atoms with E-state index in [-0.39, 0.29) is 24.5 Å². The second kappa shape index (κ2) is 13.1. The normalized spacial score (nSPS) is 17.3. The molecule has 1 fully saturated rings. The van der Waals surface area contributed by atoms with E-state index in [1.807, 2.05) is 31.2 Å². The van der Waals surface area contributed by atoms with Gasteiger partial charge in [0.15, 0.2) is 6.04 Å². The fraction of sp³-hybridized carbons (Fsp3) is 0.407. The van der Waals surface area contributed by atoms with Gasteiger partial charge in [-0.2, -0.15) is 5.10 Å². The number of aliphatic hydroxyl groups excluding tert-OH is 1. The maximum Gasteiger partial charge on any atom is 0.253 e. The molecule has 1 aliphatic rings. The molecule has 0 saturated carbocycles. The third-order valence-corrected chi connectivity index (χ3v) is 6.21. The van der Waals surface area contributed by atoms with Crippen molar-refractivity contribution in [3.8, 4) is 17.4 Å². The van der Waals surface area contributed by atoms with E-state index in [9.17, 15) is 14.7 Å². The van der Waals surface area contributed by atoms with Crippen molar-refractivity contribution in [3.63, 3.8) is 0 Å². The molecule has 2 N–H and O–H groups in total. The van der Waals surface area contributed by atoms with Gasteiger partial charge < -0.3 is 34.3 Å². The molecule has 2 amide bonds. The summed E-state index contributed by atoms with van der Waals surface area (Å²) in [5.74, 6) is 1.03. The van der Waals surface area contributed by atoms with Crippen LogP contribution in [0, 0.1) is 6.92 Å². The highest BCUT2D eigenvalue weighted by Crippen LogP contribution is 2.24. The SMILES string of the molecule is COc1cc(O[C@@H]2CO[C@@H](C(=O)Nc3cnn(C(CO)C(=O)N(C)CCOc4ccc(C)cc4)c3)C2)ccn1. The molecule has 3 atom stereocenters. The van der Waals surface area contributed by atoms with Crippen LogP contribution in [0.5, 0.6) is 17.4 Å². The van der Waals surface area contributed by atoms with Crippen LogP contribution in [0.2, 0.25) is 0 Å². The molecule has 1 unspecified atom stereocenters. The second-order valence-electron chi connectivity index (χ2n) is 9.15. The van der Waals surface area contributed by atoms with Crippen LogP contribution in [0.25, 0.3) is 0 Å². The molecule has 1 aromatic carbocycles. The highest BCUT2D eigenvalue weighted by atomic mass is 16.6. The number of aliphatic hydroxyl groups is 1. The number of hydrogen-bond donors (Lipinski definition) is 2. The Morgan fingerprint density at radius 1 is 1.26 bits per heavy atom. The van der Waals surface area contributed by atoms with Gasteiger partial charge in [0, 0.05) is 31.9 Å². The molecule has 12 heteroatoms. The molecule has 3 heterocycles. The summed E-state index contributed by atoms with van der Waals surface area (Å²) in [5, 5.41) is 16.8. The number of benzene rings is 1. The Kier molecular flexibility index (Phi) is 9.34. The Bertz CT molecular complexity index is 1250. The lowest BCUT2D eigenvalue weighted by atomic mass is 10.2. The van der Waals surface area contributed by atoms with Crippen LogP contribution in [0.15, 0.2) is 55.0 Å². The summed E-state index contributed by atoms with van der Waals surface area (Å²) in [5.41, 5.74) is 1.51. The number of hydrogen-bond acceptors (Lipinski definition) is 9. The highest BCUT2D eigenvalue weighted by molar-refractivity contribution is 5.94. The lowest BCUT2D eigenvalue weighted by molar-refractivity contribution is -0.135. The standard InChI is InChI=1S/C27H33N5O7/c1-18-4-6-20(7-5-18)37-11-10-31(2)27(35)23(16-33)32-15-19(14-29-32)30-26(34)24-12-22(17-38-24)39-21-8-9-28-25(13-21)36-3/h4-9,13-15,22-24,33H,10-12,16-17H2,1-3H3,(H,30,34)/t22-,23?,24+/m0/s1. The lowest BCUT2D eigenvalue weighted by Gasteiger charge is -2.23. The number of rotatable bonds is 12. The van der Waals surface area contributed by atoms with Crippen LogP contribution in [0.4, 0.5) is 5.69 Å². The summed E-state index contributed by atoms with van der Waals surface area (Å²) in [6, 6.07) is 10.1. The Morgan fingerprint density at radius 2 is 2.05 bits per heavy atom. The molecule has 0 bridgehead atoms. The molecule has 1 saturated heterocycles. The van der Waals surface area contributed by atoms with E-state index in [0.29, 0.717) is 42.6 Å². The summed E-state index contributed by atoms with van der Waals surface area (Å²) in [6.45, 7) is 2.41. The van der Waals surface area contributed by atoms with Crippen molar-refractivity contribution in [2.45, 2.75) is 31.6 Å². The molecule has 4 rings (SSSR count). The van der Waals surface area contributed by atoms with Gasteiger partial charge in [0.05, 0.1) is 38.8 Å². The number of carbonyl (C=O) groups is 2. The van der Waals surface area contributed by atoms with Crippen LogP contribution >= 0.6 is 0 Å². The van der Waals surface area contributed by atoms with Gasteiger partial charge in [-0.1, -0.05) is 17.7 Å². The van der Waals surface area contributed by atoms with Crippen LogP contribution in [0.3, 0.4) is 0 Å². The number of ether oxygens (including phenoxy) is 4. The first-order valence-electron chi connectivity index (χ1n) is 12.5. The van der Waals surface area contributed by atoms with Crippen LogP contribution in [-0.2, 0) is 14.3 Å². The number of carbonyl (C=O) groups excluding carboxylic acids is 2. The van der Waals surface area contributed by atoms with Gasteiger partial charge in [0.25, 0.3) is 5.91 Å². The number of anilines is 1. The van der Waals surface area contributed by atoms with E-state index < -0.39 is 18.8 Å². The monoisotopic (exact) mass is 539 g/mol. The molecular formula is C27H33N5O7. The summed E-state index contributed by atoms with van der Waals surface area (Å²) in [7, 11) is 3.15. The third-order valence-electron chi connectivity index (χ3n) is 6.21. The van der Waals surface area contributed by atoms with Gasteiger partial charge in [-0.25, -0.2) is 4.98 Å². The first-order chi connectivity index (χ1) is 18.9. The number of nitrogens with one attached hydrogen (secondary N) is 1. The zero-order chi connectivity index (χ0) is 27.8. The van der Waals surface area contributed by atoms with Gasteiger partial charge in [-0.05, 0) is 25.1 Å². The molecule has 2 aromatic heterocycles. The summed E-state index contributed by atoms with van der Waals surface area (Å²) < 4.78 is 23.6. The molecule has 208 valence electrons. The molecule has 39 heavy (non-hydrogen) atoms. The Labute approximate surface area is 226 Å². The quantitative estimate of drug-likeness (QED) is 0.353. The fourth-order valence-electron chi connectivity index (χ4n) is 4.00. The molecular weight excluding hydrogens is 506 g/mol. The first kappa shape index (κ1) is 27.9. The fourth-order valence-corrected chi connectivity index (χ4v) is 4.00. The predicted octanol–water partition coefficient (Wildman–Crippen LogP) is 1.84. The van der Waals surface area contributed by atoms with Crippen molar-refractivity contribution in [1.29, 1.82) is 0 Å². The Morgan fingerprint density at radius 3 is 2.79 bits per heavy atom. The average Bonchev–Trinajstić information content (AvgIpc) is 3.60. The molecule has 0 radical (unpaired) electrons. The van der Waals surface area contributed by atoms with Crippen molar-refractivity contribution in [3.05, 3.63) is 60.6 Å². The van der Waals surface area contributed by atoms with Crippen molar-refractivity contribution in [1.82, 2.24) is 19.7 Å². The molecule has 3 aromatic rings. The minimum absolute atomic E-state index is 0.253. The number of amides is 2. The van der Waals surface area contributed by atoms with Crippen molar-refractivity contribution >= 4 is 17.5 Å². The van der Waals surface area contributed by atoms with E-state index >= 15 is 0 Å². The van der Waals surface area contributed by atoms with Gasteiger partial charge in [0.1, 0.15) is 30.3 Å². The topological polar surface area (TPSA) is 137 Å². The Balaban J connectivity index is 1.26. The number of aryl methyl sites for hydroxylation is 1. The second-order valence-corrected chi connectivity index (χ2v) is 9.15. The van der Waals surface area contributed by atoms with Crippen molar-refractivity contribution in [2.24, 2.45) is 0 Å². The number of aromatic nitrogens is 3. The van der Waals surface area contributed by atoms with Crippen LogP contribution in [0.1, 0.15) is 18.0 Å². The zero-order valence-electron chi connectivity index (χ0n) is 22.1.